The Morgan fingerprint density at radius 1 is 1.39 bits per heavy atom. The number of hydrogen-bond donors (Lipinski definition) is 2. The standard InChI is InChI=1S/C20H29BrN6.HI/c1-5-22-20(23-11-15-6-7-16(21)10-14(15)4)24-17-8-9-18-25-19(13(2)3)26-27(18)12-17;/h6-7,10,13,17H,5,8-9,11-12H2,1-4H3,(H2,22,23,24);1H. The molecule has 1 aliphatic heterocycles. The van der Waals surface area contributed by atoms with Crippen molar-refractivity contribution in [1.29, 1.82) is 0 Å². The van der Waals surface area contributed by atoms with Crippen molar-refractivity contribution in [1.82, 2.24) is 25.4 Å². The lowest BCUT2D eigenvalue weighted by atomic mass is 10.1. The molecule has 0 bridgehead atoms. The summed E-state index contributed by atoms with van der Waals surface area (Å²) < 4.78 is 3.16. The van der Waals surface area contributed by atoms with Crippen LogP contribution in [0.2, 0.25) is 0 Å². The van der Waals surface area contributed by atoms with Gasteiger partial charge in [0.1, 0.15) is 5.82 Å². The average Bonchev–Trinajstić information content (AvgIpc) is 3.05. The predicted octanol–water partition coefficient (Wildman–Crippen LogP) is 4.16. The van der Waals surface area contributed by atoms with Gasteiger partial charge in [0.2, 0.25) is 0 Å². The molecule has 28 heavy (non-hydrogen) atoms. The number of nitrogens with one attached hydrogen (secondary N) is 2. The van der Waals surface area contributed by atoms with E-state index < -0.39 is 0 Å². The molecule has 1 aromatic carbocycles. The van der Waals surface area contributed by atoms with Crippen molar-refractivity contribution in [3.63, 3.8) is 0 Å². The summed E-state index contributed by atoms with van der Waals surface area (Å²) in [5, 5.41) is 11.6. The second-order valence-electron chi connectivity index (χ2n) is 7.37. The summed E-state index contributed by atoms with van der Waals surface area (Å²) in [4.78, 5) is 9.46. The van der Waals surface area contributed by atoms with Gasteiger partial charge in [0.15, 0.2) is 11.8 Å². The maximum atomic E-state index is 4.79. The maximum absolute atomic E-state index is 4.79. The lowest BCUT2D eigenvalue weighted by Gasteiger charge is -2.25. The van der Waals surface area contributed by atoms with Gasteiger partial charge < -0.3 is 10.6 Å². The Morgan fingerprint density at radius 2 is 2.18 bits per heavy atom. The van der Waals surface area contributed by atoms with Gasteiger partial charge in [-0.05, 0) is 43.5 Å². The van der Waals surface area contributed by atoms with Crippen LogP contribution >= 0.6 is 39.9 Å². The average molecular weight is 561 g/mol. The van der Waals surface area contributed by atoms with Crippen LogP contribution in [0.5, 0.6) is 0 Å². The smallest absolute Gasteiger partial charge is 0.191 e. The Labute approximate surface area is 193 Å². The third kappa shape index (κ3) is 5.92. The van der Waals surface area contributed by atoms with Gasteiger partial charge in [0.25, 0.3) is 0 Å². The van der Waals surface area contributed by atoms with Crippen LogP contribution in [0.3, 0.4) is 0 Å². The van der Waals surface area contributed by atoms with E-state index in [0.29, 0.717) is 18.5 Å². The van der Waals surface area contributed by atoms with Crippen LogP contribution in [0.1, 0.15) is 55.9 Å². The fourth-order valence-corrected chi connectivity index (χ4v) is 3.68. The highest BCUT2D eigenvalue weighted by atomic mass is 127. The zero-order chi connectivity index (χ0) is 19.4. The maximum Gasteiger partial charge on any atom is 0.191 e. The first-order chi connectivity index (χ1) is 13.0. The summed E-state index contributed by atoms with van der Waals surface area (Å²) in [7, 11) is 0. The lowest BCUT2D eigenvalue weighted by molar-refractivity contribution is 0.391. The molecule has 0 saturated heterocycles. The molecule has 0 aliphatic carbocycles. The molecule has 6 nitrogen and oxygen atoms in total. The first kappa shape index (κ1) is 23.1. The van der Waals surface area contributed by atoms with Crippen molar-refractivity contribution in [3.05, 3.63) is 45.4 Å². The molecule has 0 saturated carbocycles. The third-order valence-electron chi connectivity index (χ3n) is 4.79. The Kier molecular flexibility index (Phi) is 8.73. The van der Waals surface area contributed by atoms with Crippen molar-refractivity contribution < 1.29 is 0 Å². The van der Waals surface area contributed by atoms with E-state index in [-0.39, 0.29) is 24.0 Å². The van der Waals surface area contributed by atoms with Crippen molar-refractivity contribution in [2.75, 3.05) is 6.54 Å². The summed E-state index contributed by atoms with van der Waals surface area (Å²) in [5.74, 6) is 3.26. The van der Waals surface area contributed by atoms with Gasteiger partial charge in [-0.2, -0.15) is 5.10 Å². The fourth-order valence-electron chi connectivity index (χ4n) is 3.20. The number of aromatic nitrogens is 3. The Morgan fingerprint density at radius 3 is 2.86 bits per heavy atom. The molecular formula is C20H30BrIN6. The summed E-state index contributed by atoms with van der Waals surface area (Å²) in [6.07, 6.45) is 1.99. The number of fused-ring (bicyclic) bond motifs is 1. The number of nitrogens with zero attached hydrogens (tertiary/aromatic N) is 4. The van der Waals surface area contributed by atoms with E-state index in [1.165, 1.54) is 11.1 Å². The number of benzene rings is 1. The van der Waals surface area contributed by atoms with Gasteiger partial charge in [-0.3, -0.25) is 0 Å². The van der Waals surface area contributed by atoms with Crippen molar-refractivity contribution in [2.45, 2.75) is 65.6 Å². The Hall–Kier alpha value is -1.16. The zero-order valence-corrected chi connectivity index (χ0v) is 20.9. The monoisotopic (exact) mass is 560 g/mol. The van der Waals surface area contributed by atoms with Crippen LogP contribution in [0.25, 0.3) is 0 Å². The summed E-state index contributed by atoms with van der Waals surface area (Å²) in [6.45, 7) is 10.8. The number of aryl methyl sites for hydroxylation is 2. The molecule has 3 rings (SSSR count). The molecular weight excluding hydrogens is 531 g/mol. The van der Waals surface area contributed by atoms with Crippen molar-refractivity contribution in [2.24, 2.45) is 4.99 Å². The summed E-state index contributed by atoms with van der Waals surface area (Å²) in [5.41, 5.74) is 2.48. The highest BCUT2D eigenvalue weighted by molar-refractivity contribution is 14.0. The van der Waals surface area contributed by atoms with Gasteiger partial charge in [0.05, 0.1) is 13.1 Å². The molecule has 2 aromatic rings. The SMILES string of the molecule is CCNC(=NCc1ccc(Br)cc1C)NC1CCc2nc(C(C)C)nn2C1.I. The molecule has 1 aliphatic rings. The normalized spacial score (nSPS) is 16.5. The minimum Gasteiger partial charge on any atom is -0.357 e. The minimum atomic E-state index is 0. The van der Waals surface area contributed by atoms with Gasteiger partial charge in [-0.25, -0.2) is 14.7 Å². The van der Waals surface area contributed by atoms with Crippen LogP contribution in [0.15, 0.2) is 27.7 Å². The minimum absolute atomic E-state index is 0. The molecule has 2 heterocycles. The molecule has 0 amide bonds. The molecule has 0 radical (unpaired) electrons. The van der Waals surface area contributed by atoms with E-state index in [2.05, 4.69) is 87.2 Å². The van der Waals surface area contributed by atoms with Crippen LogP contribution in [0.4, 0.5) is 0 Å². The van der Waals surface area contributed by atoms with Crippen molar-refractivity contribution in [3.8, 4) is 0 Å². The first-order valence-corrected chi connectivity index (χ1v) is 10.5. The molecule has 1 unspecified atom stereocenters. The third-order valence-corrected chi connectivity index (χ3v) is 5.28. The van der Waals surface area contributed by atoms with Crippen molar-refractivity contribution >= 4 is 45.9 Å². The van der Waals surface area contributed by atoms with E-state index in [4.69, 9.17) is 4.99 Å². The van der Waals surface area contributed by atoms with Gasteiger partial charge >= 0.3 is 0 Å². The molecule has 1 aromatic heterocycles. The van der Waals surface area contributed by atoms with Gasteiger partial charge in [0, 0.05) is 29.4 Å². The fraction of sp³-hybridized carbons (Fsp3) is 0.550. The van der Waals surface area contributed by atoms with Crippen LogP contribution in [0, 0.1) is 6.92 Å². The molecule has 0 fully saturated rings. The number of aliphatic imine (C=N–C) groups is 1. The number of rotatable bonds is 5. The molecule has 1 atom stereocenters. The number of halogens is 2. The van der Waals surface area contributed by atoms with Crippen LogP contribution < -0.4 is 10.6 Å². The Bertz CT molecular complexity index is 817. The summed E-state index contributed by atoms with van der Waals surface area (Å²) in [6, 6.07) is 6.63. The van der Waals surface area contributed by atoms with E-state index >= 15 is 0 Å². The highest BCUT2D eigenvalue weighted by Gasteiger charge is 2.23. The largest absolute Gasteiger partial charge is 0.357 e. The summed E-state index contributed by atoms with van der Waals surface area (Å²) >= 11 is 3.52. The lowest BCUT2D eigenvalue weighted by Crippen LogP contribution is -2.47. The number of guanidine groups is 1. The topological polar surface area (TPSA) is 67.1 Å². The van der Waals surface area contributed by atoms with Crippen LogP contribution in [-0.4, -0.2) is 33.3 Å². The molecule has 154 valence electrons. The van der Waals surface area contributed by atoms with Gasteiger partial charge in [-0.15, -0.1) is 24.0 Å². The molecule has 2 N–H and O–H groups in total. The van der Waals surface area contributed by atoms with E-state index in [1.807, 2.05) is 0 Å². The zero-order valence-electron chi connectivity index (χ0n) is 17.0. The first-order valence-electron chi connectivity index (χ1n) is 9.69. The second kappa shape index (κ2) is 10.6. The van der Waals surface area contributed by atoms with E-state index in [0.717, 1.165) is 48.0 Å². The van der Waals surface area contributed by atoms with E-state index in [1.54, 1.807) is 0 Å². The van der Waals surface area contributed by atoms with Gasteiger partial charge in [-0.1, -0.05) is 35.8 Å². The predicted molar refractivity (Wildman–Crippen MR) is 128 cm³/mol. The Balaban J connectivity index is 0.00000280. The van der Waals surface area contributed by atoms with Crippen LogP contribution in [-0.2, 0) is 19.5 Å². The molecule has 8 heteroatoms. The number of hydrogen-bond acceptors (Lipinski definition) is 3. The highest BCUT2D eigenvalue weighted by Crippen LogP contribution is 2.18. The van der Waals surface area contributed by atoms with E-state index in [9.17, 15) is 0 Å². The molecule has 0 spiro atoms. The second-order valence-corrected chi connectivity index (χ2v) is 8.28. The quantitative estimate of drug-likeness (QED) is 0.327.